The SMILES string of the molecule is CC(=O)Nc1ccc(C)c(NCc2csc(C)n2)c1. The minimum Gasteiger partial charge on any atom is -0.379 e. The van der Waals surface area contributed by atoms with Gasteiger partial charge in [-0.1, -0.05) is 6.07 Å². The summed E-state index contributed by atoms with van der Waals surface area (Å²) >= 11 is 1.65. The van der Waals surface area contributed by atoms with E-state index in [9.17, 15) is 4.79 Å². The van der Waals surface area contributed by atoms with Crippen molar-refractivity contribution in [3.8, 4) is 0 Å². The first-order valence-corrected chi connectivity index (χ1v) is 6.95. The number of nitrogens with one attached hydrogen (secondary N) is 2. The molecule has 0 atom stereocenters. The highest BCUT2D eigenvalue weighted by Crippen LogP contribution is 2.21. The largest absolute Gasteiger partial charge is 0.379 e. The lowest BCUT2D eigenvalue weighted by Gasteiger charge is -2.11. The van der Waals surface area contributed by atoms with E-state index in [0.717, 1.165) is 27.6 Å². The average molecular weight is 275 g/mol. The quantitative estimate of drug-likeness (QED) is 0.900. The van der Waals surface area contributed by atoms with Crippen molar-refractivity contribution in [3.63, 3.8) is 0 Å². The second kappa shape index (κ2) is 5.84. The van der Waals surface area contributed by atoms with E-state index in [0.29, 0.717) is 6.54 Å². The van der Waals surface area contributed by atoms with Crippen molar-refractivity contribution in [2.24, 2.45) is 0 Å². The minimum atomic E-state index is -0.0649. The predicted octanol–water partition coefficient (Wildman–Crippen LogP) is 3.33. The fourth-order valence-electron chi connectivity index (χ4n) is 1.77. The lowest BCUT2D eigenvalue weighted by molar-refractivity contribution is -0.114. The Morgan fingerprint density at radius 1 is 1.37 bits per heavy atom. The van der Waals surface area contributed by atoms with Gasteiger partial charge in [0, 0.05) is 23.7 Å². The van der Waals surface area contributed by atoms with Crippen molar-refractivity contribution in [1.29, 1.82) is 0 Å². The molecule has 0 unspecified atom stereocenters. The number of carbonyl (C=O) groups excluding carboxylic acids is 1. The molecule has 0 bridgehead atoms. The van der Waals surface area contributed by atoms with Gasteiger partial charge in [0.25, 0.3) is 0 Å². The van der Waals surface area contributed by atoms with Gasteiger partial charge in [-0.3, -0.25) is 4.79 Å². The lowest BCUT2D eigenvalue weighted by atomic mass is 10.1. The van der Waals surface area contributed by atoms with Gasteiger partial charge in [-0.2, -0.15) is 0 Å². The summed E-state index contributed by atoms with van der Waals surface area (Å²) in [6.07, 6.45) is 0. The van der Waals surface area contributed by atoms with E-state index in [4.69, 9.17) is 0 Å². The first-order chi connectivity index (χ1) is 9.04. The van der Waals surface area contributed by atoms with Gasteiger partial charge in [-0.15, -0.1) is 11.3 Å². The normalized spacial score (nSPS) is 10.3. The van der Waals surface area contributed by atoms with Gasteiger partial charge in [0.15, 0.2) is 0 Å². The highest BCUT2D eigenvalue weighted by atomic mass is 32.1. The summed E-state index contributed by atoms with van der Waals surface area (Å²) in [7, 11) is 0. The number of benzene rings is 1. The number of aromatic nitrogens is 1. The molecule has 5 heteroatoms. The summed E-state index contributed by atoms with van der Waals surface area (Å²) < 4.78 is 0. The van der Waals surface area contributed by atoms with Gasteiger partial charge in [-0.05, 0) is 31.5 Å². The van der Waals surface area contributed by atoms with Gasteiger partial charge in [0.05, 0.1) is 17.2 Å². The second-order valence-electron chi connectivity index (χ2n) is 4.42. The summed E-state index contributed by atoms with van der Waals surface area (Å²) in [6, 6.07) is 5.82. The van der Waals surface area contributed by atoms with Crippen molar-refractivity contribution >= 4 is 28.6 Å². The van der Waals surface area contributed by atoms with E-state index < -0.39 is 0 Å². The van der Waals surface area contributed by atoms with Crippen LogP contribution in [0.15, 0.2) is 23.6 Å². The van der Waals surface area contributed by atoms with Crippen LogP contribution in [0.3, 0.4) is 0 Å². The molecular weight excluding hydrogens is 258 g/mol. The molecule has 0 saturated heterocycles. The zero-order chi connectivity index (χ0) is 13.8. The lowest BCUT2D eigenvalue weighted by Crippen LogP contribution is -2.07. The molecule has 2 N–H and O–H groups in total. The zero-order valence-electron chi connectivity index (χ0n) is 11.3. The molecule has 1 heterocycles. The van der Waals surface area contributed by atoms with Crippen LogP contribution in [0.5, 0.6) is 0 Å². The van der Waals surface area contributed by atoms with Gasteiger partial charge in [0.2, 0.25) is 5.91 Å². The number of aryl methyl sites for hydroxylation is 2. The number of hydrogen-bond acceptors (Lipinski definition) is 4. The molecule has 0 spiro atoms. The minimum absolute atomic E-state index is 0.0649. The first kappa shape index (κ1) is 13.5. The Hall–Kier alpha value is -1.88. The molecule has 1 aromatic heterocycles. The Morgan fingerprint density at radius 3 is 2.79 bits per heavy atom. The van der Waals surface area contributed by atoms with E-state index in [2.05, 4.69) is 21.0 Å². The monoisotopic (exact) mass is 275 g/mol. The molecule has 0 fully saturated rings. The van der Waals surface area contributed by atoms with Gasteiger partial charge in [0.1, 0.15) is 0 Å². The Balaban J connectivity index is 2.08. The third kappa shape index (κ3) is 3.79. The number of amides is 1. The molecule has 100 valence electrons. The third-order valence-corrected chi connectivity index (χ3v) is 3.51. The van der Waals surface area contributed by atoms with Gasteiger partial charge < -0.3 is 10.6 Å². The van der Waals surface area contributed by atoms with Crippen LogP contribution >= 0.6 is 11.3 Å². The van der Waals surface area contributed by atoms with Gasteiger partial charge in [-0.25, -0.2) is 4.98 Å². The molecule has 0 aliphatic carbocycles. The van der Waals surface area contributed by atoms with Crippen LogP contribution in [0.25, 0.3) is 0 Å². The Labute approximate surface area is 116 Å². The average Bonchev–Trinajstić information content (AvgIpc) is 2.75. The topological polar surface area (TPSA) is 54.0 Å². The first-order valence-electron chi connectivity index (χ1n) is 6.07. The molecule has 1 aromatic carbocycles. The van der Waals surface area contributed by atoms with Crippen molar-refractivity contribution in [3.05, 3.63) is 39.8 Å². The van der Waals surface area contributed by atoms with Crippen LogP contribution in [0.1, 0.15) is 23.2 Å². The van der Waals surface area contributed by atoms with Crippen LogP contribution in [0, 0.1) is 13.8 Å². The van der Waals surface area contributed by atoms with Crippen molar-refractivity contribution in [1.82, 2.24) is 4.98 Å². The Morgan fingerprint density at radius 2 is 2.16 bits per heavy atom. The molecule has 0 aliphatic heterocycles. The second-order valence-corrected chi connectivity index (χ2v) is 5.48. The van der Waals surface area contributed by atoms with E-state index in [1.807, 2.05) is 32.0 Å². The van der Waals surface area contributed by atoms with E-state index >= 15 is 0 Å². The molecule has 0 radical (unpaired) electrons. The molecule has 2 rings (SSSR count). The molecule has 19 heavy (non-hydrogen) atoms. The number of carbonyl (C=O) groups is 1. The number of nitrogens with zero attached hydrogens (tertiary/aromatic N) is 1. The van der Waals surface area contributed by atoms with Crippen LogP contribution in [0.2, 0.25) is 0 Å². The zero-order valence-corrected chi connectivity index (χ0v) is 12.1. The number of thiazole rings is 1. The molecule has 0 saturated carbocycles. The van der Waals surface area contributed by atoms with Crippen molar-refractivity contribution in [2.45, 2.75) is 27.3 Å². The smallest absolute Gasteiger partial charge is 0.221 e. The number of rotatable bonds is 4. The van der Waals surface area contributed by atoms with Crippen LogP contribution in [0.4, 0.5) is 11.4 Å². The van der Waals surface area contributed by atoms with Crippen molar-refractivity contribution in [2.75, 3.05) is 10.6 Å². The van der Waals surface area contributed by atoms with E-state index in [1.165, 1.54) is 6.92 Å². The summed E-state index contributed by atoms with van der Waals surface area (Å²) in [4.78, 5) is 15.5. The van der Waals surface area contributed by atoms with Crippen LogP contribution < -0.4 is 10.6 Å². The highest BCUT2D eigenvalue weighted by Gasteiger charge is 2.03. The standard InChI is InChI=1S/C14H17N3OS/c1-9-4-5-12(16-10(2)18)6-14(9)15-7-13-8-19-11(3)17-13/h4-6,8,15H,7H2,1-3H3,(H,16,18). The predicted molar refractivity (Wildman–Crippen MR) is 79.7 cm³/mol. The summed E-state index contributed by atoms with van der Waals surface area (Å²) in [5, 5.41) is 9.25. The Kier molecular flexibility index (Phi) is 4.16. The number of anilines is 2. The molecular formula is C14H17N3OS. The summed E-state index contributed by atoms with van der Waals surface area (Å²) in [6.45, 7) is 6.22. The maximum Gasteiger partial charge on any atom is 0.221 e. The maximum atomic E-state index is 11.1. The molecule has 1 amide bonds. The molecule has 0 aliphatic rings. The van der Waals surface area contributed by atoms with Gasteiger partial charge >= 0.3 is 0 Å². The van der Waals surface area contributed by atoms with E-state index in [1.54, 1.807) is 11.3 Å². The van der Waals surface area contributed by atoms with E-state index in [-0.39, 0.29) is 5.91 Å². The van der Waals surface area contributed by atoms with Crippen LogP contribution in [-0.2, 0) is 11.3 Å². The summed E-state index contributed by atoms with van der Waals surface area (Å²) in [5.41, 5.74) is 3.99. The van der Waals surface area contributed by atoms with Crippen molar-refractivity contribution < 1.29 is 4.79 Å². The highest BCUT2D eigenvalue weighted by molar-refractivity contribution is 7.09. The number of hydrogen-bond donors (Lipinski definition) is 2. The summed E-state index contributed by atoms with van der Waals surface area (Å²) in [5.74, 6) is -0.0649. The fraction of sp³-hybridized carbons (Fsp3) is 0.286. The third-order valence-electron chi connectivity index (χ3n) is 2.68. The molecule has 4 nitrogen and oxygen atoms in total. The van der Waals surface area contributed by atoms with Crippen LogP contribution in [-0.4, -0.2) is 10.9 Å². The Bertz CT molecular complexity index is 592. The fourth-order valence-corrected chi connectivity index (χ4v) is 2.38. The maximum absolute atomic E-state index is 11.1. The molecule has 2 aromatic rings.